The Bertz CT molecular complexity index is 2310. The number of ether oxygens (including phenoxy) is 1. The van der Waals surface area contributed by atoms with Gasteiger partial charge in [-0.05, 0) is 86.8 Å². The first kappa shape index (κ1) is 45.5. The summed E-state index contributed by atoms with van der Waals surface area (Å²) in [6, 6.07) is 16.2. The molecular formula is C48H59F2N7O6. The first-order valence-electron chi connectivity index (χ1n) is 22.5. The van der Waals surface area contributed by atoms with Crippen LogP contribution in [0.3, 0.4) is 0 Å². The number of benzene rings is 3. The highest BCUT2D eigenvalue weighted by Crippen LogP contribution is 2.28. The predicted molar refractivity (Wildman–Crippen MR) is 235 cm³/mol. The Hall–Kier alpha value is -5.54. The van der Waals surface area contributed by atoms with Gasteiger partial charge in [0.05, 0.1) is 41.0 Å². The molecule has 63 heavy (non-hydrogen) atoms. The Kier molecular flexibility index (Phi) is 15.3. The standard InChI is InChI=1S/C40H51FN6O5.C8H8FNO/c41-35-11-10-29(25-36-32-8-4-5-9-33(32)39(50)43-42-36)24-34(35)40(51)47-22-20-46(21-23-47)38(49)27-44-16-12-30(13-17-44)52-31-14-18-45(19-15-31)37(48)26-28-6-2-1-3-7-28;1-5-3-2-4-6(7(5)9)8(10)11/h4-5,8-11,24,28,30-31H,1-3,6-7,12-23,25-27H2,(H,43,50);2-4H,1H3,(H2,10,11). The zero-order chi connectivity index (χ0) is 44.5. The number of likely N-dealkylation sites (tertiary alicyclic amines) is 2. The number of piperazine rings is 1. The van der Waals surface area contributed by atoms with Gasteiger partial charge in [0, 0.05) is 70.6 Å². The van der Waals surface area contributed by atoms with Gasteiger partial charge >= 0.3 is 0 Å². The van der Waals surface area contributed by atoms with E-state index in [9.17, 15) is 32.8 Å². The number of aromatic amines is 1. The number of nitrogens with zero attached hydrogens (tertiary/aromatic N) is 5. The molecule has 0 unspecified atom stereocenters. The molecule has 4 heterocycles. The summed E-state index contributed by atoms with van der Waals surface area (Å²) in [6.45, 7) is 6.58. The number of H-pyrrole nitrogens is 1. The molecule has 0 spiro atoms. The van der Waals surface area contributed by atoms with Crippen LogP contribution in [0.15, 0.2) is 65.5 Å². The lowest BCUT2D eigenvalue weighted by atomic mass is 9.86. The molecule has 3 N–H and O–H groups in total. The van der Waals surface area contributed by atoms with Gasteiger partial charge in [-0.3, -0.25) is 28.9 Å². The molecular weight excluding hydrogens is 809 g/mol. The molecule has 1 saturated carbocycles. The molecule has 4 amide bonds. The van der Waals surface area contributed by atoms with Crippen molar-refractivity contribution in [2.24, 2.45) is 11.7 Å². The molecule has 1 aliphatic carbocycles. The van der Waals surface area contributed by atoms with Gasteiger partial charge in [0.25, 0.3) is 17.4 Å². The Morgan fingerprint density at radius 3 is 2.03 bits per heavy atom. The van der Waals surface area contributed by atoms with Gasteiger partial charge in [0.2, 0.25) is 11.8 Å². The van der Waals surface area contributed by atoms with Gasteiger partial charge in [0.1, 0.15) is 11.6 Å². The highest BCUT2D eigenvalue weighted by Gasteiger charge is 2.31. The third-order valence-corrected chi connectivity index (χ3v) is 13.0. The van der Waals surface area contributed by atoms with E-state index >= 15 is 0 Å². The van der Waals surface area contributed by atoms with Crippen LogP contribution in [0.25, 0.3) is 10.8 Å². The second kappa shape index (κ2) is 21.2. The van der Waals surface area contributed by atoms with E-state index in [0.717, 1.165) is 51.9 Å². The van der Waals surface area contributed by atoms with Crippen molar-refractivity contribution in [1.29, 1.82) is 0 Å². The van der Waals surface area contributed by atoms with Crippen molar-refractivity contribution in [3.8, 4) is 0 Å². The third-order valence-electron chi connectivity index (χ3n) is 13.0. The molecule has 1 aromatic heterocycles. The predicted octanol–water partition coefficient (Wildman–Crippen LogP) is 5.61. The summed E-state index contributed by atoms with van der Waals surface area (Å²) in [4.78, 5) is 69.9. The van der Waals surface area contributed by atoms with E-state index in [1.807, 2.05) is 17.0 Å². The summed E-state index contributed by atoms with van der Waals surface area (Å²) in [5.41, 5.74) is 6.35. The molecule has 4 aromatic rings. The van der Waals surface area contributed by atoms with E-state index in [0.29, 0.717) is 85.0 Å². The topological polar surface area (TPSA) is 162 Å². The second-order valence-electron chi connectivity index (χ2n) is 17.4. The Morgan fingerprint density at radius 1 is 0.730 bits per heavy atom. The number of halogens is 2. The lowest BCUT2D eigenvalue weighted by molar-refractivity contribution is -0.138. The maximum absolute atomic E-state index is 15.0. The van der Waals surface area contributed by atoms with Crippen LogP contribution in [0.5, 0.6) is 0 Å². The molecule has 3 saturated heterocycles. The highest BCUT2D eigenvalue weighted by molar-refractivity contribution is 5.95. The van der Waals surface area contributed by atoms with Crippen LogP contribution in [-0.4, -0.2) is 125 Å². The van der Waals surface area contributed by atoms with Crippen LogP contribution in [-0.2, 0) is 20.7 Å². The van der Waals surface area contributed by atoms with Crippen LogP contribution in [0, 0.1) is 24.5 Å². The normalized spacial score (nSPS) is 18.2. The van der Waals surface area contributed by atoms with Gasteiger partial charge in [-0.1, -0.05) is 55.7 Å². The summed E-state index contributed by atoms with van der Waals surface area (Å²) in [6.07, 6.45) is 11.2. The largest absolute Gasteiger partial charge is 0.375 e. The van der Waals surface area contributed by atoms with Gasteiger partial charge in [-0.15, -0.1) is 0 Å². The Balaban J connectivity index is 0.000000473. The lowest BCUT2D eigenvalue weighted by Gasteiger charge is -2.38. The monoisotopic (exact) mass is 867 g/mol. The number of hydrogen-bond donors (Lipinski definition) is 2. The Morgan fingerprint density at radius 2 is 1.37 bits per heavy atom. The van der Waals surface area contributed by atoms with Crippen molar-refractivity contribution in [2.45, 2.75) is 89.8 Å². The smallest absolute Gasteiger partial charge is 0.272 e. The quantitative estimate of drug-likeness (QED) is 0.208. The average molecular weight is 868 g/mol. The fourth-order valence-electron chi connectivity index (χ4n) is 9.29. The van der Waals surface area contributed by atoms with E-state index in [4.69, 9.17) is 10.5 Å². The van der Waals surface area contributed by atoms with Crippen LogP contribution >= 0.6 is 0 Å². The zero-order valence-electron chi connectivity index (χ0n) is 36.2. The molecule has 4 fully saturated rings. The van der Waals surface area contributed by atoms with Crippen molar-refractivity contribution in [2.75, 3.05) is 58.9 Å². The molecule has 13 nitrogen and oxygen atoms in total. The number of aromatic nitrogens is 2. The molecule has 336 valence electrons. The number of fused-ring (bicyclic) bond motifs is 1. The maximum Gasteiger partial charge on any atom is 0.272 e. The third kappa shape index (κ3) is 11.7. The molecule has 15 heteroatoms. The summed E-state index contributed by atoms with van der Waals surface area (Å²) in [7, 11) is 0. The number of hydrogen-bond acceptors (Lipinski definition) is 8. The molecule has 0 atom stereocenters. The van der Waals surface area contributed by atoms with Crippen molar-refractivity contribution in [1.82, 2.24) is 29.8 Å². The van der Waals surface area contributed by atoms with Crippen molar-refractivity contribution in [3.63, 3.8) is 0 Å². The minimum atomic E-state index is -0.730. The lowest BCUT2D eigenvalue weighted by Crippen LogP contribution is -2.53. The number of primary amides is 1. The minimum absolute atomic E-state index is 0.00945. The second-order valence-corrected chi connectivity index (χ2v) is 17.4. The van der Waals surface area contributed by atoms with Gasteiger partial charge in [-0.25, -0.2) is 13.9 Å². The van der Waals surface area contributed by atoms with Gasteiger partial charge in [0.15, 0.2) is 0 Å². The molecule has 4 aliphatic rings. The van der Waals surface area contributed by atoms with Crippen LogP contribution in [0.1, 0.15) is 102 Å². The molecule has 0 bridgehead atoms. The van der Waals surface area contributed by atoms with Crippen molar-refractivity contribution in [3.05, 3.63) is 111 Å². The number of carbonyl (C=O) groups is 4. The fourth-order valence-corrected chi connectivity index (χ4v) is 9.29. The van der Waals surface area contributed by atoms with Crippen LogP contribution in [0.2, 0.25) is 0 Å². The van der Waals surface area contributed by atoms with Crippen LogP contribution in [0.4, 0.5) is 8.78 Å². The number of aryl methyl sites for hydroxylation is 1. The first-order valence-corrected chi connectivity index (χ1v) is 22.5. The molecule has 0 radical (unpaired) electrons. The van der Waals surface area contributed by atoms with Crippen molar-refractivity contribution >= 4 is 34.4 Å². The van der Waals surface area contributed by atoms with E-state index in [1.54, 1.807) is 53.1 Å². The summed E-state index contributed by atoms with van der Waals surface area (Å²) in [5.74, 6) is -1.31. The van der Waals surface area contributed by atoms with E-state index in [-0.39, 0.29) is 34.8 Å². The first-order chi connectivity index (χ1) is 30.4. The van der Waals surface area contributed by atoms with E-state index < -0.39 is 23.4 Å². The summed E-state index contributed by atoms with van der Waals surface area (Å²) < 4.78 is 34.4. The Labute approximate surface area is 366 Å². The van der Waals surface area contributed by atoms with E-state index in [1.165, 1.54) is 44.2 Å². The number of nitrogens with one attached hydrogen (secondary N) is 1. The molecule has 3 aromatic carbocycles. The number of carbonyl (C=O) groups excluding carboxylic acids is 4. The van der Waals surface area contributed by atoms with E-state index in [2.05, 4.69) is 15.1 Å². The van der Waals surface area contributed by atoms with Crippen molar-refractivity contribution < 1.29 is 32.7 Å². The van der Waals surface area contributed by atoms with Crippen LogP contribution < -0.4 is 11.3 Å². The molecule has 3 aliphatic heterocycles. The number of amides is 4. The summed E-state index contributed by atoms with van der Waals surface area (Å²) >= 11 is 0. The number of rotatable bonds is 10. The number of nitrogens with two attached hydrogens (primary N) is 1. The zero-order valence-corrected chi connectivity index (χ0v) is 36.2. The summed E-state index contributed by atoms with van der Waals surface area (Å²) in [5, 5.41) is 7.99. The fraction of sp³-hybridized carbons (Fsp3) is 0.500. The van der Waals surface area contributed by atoms with Gasteiger partial charge in [-0.2, -0.15) is 5.10 Å². The minimum Gasteiger partial charge on any atom is -0.375 e. The van der Waals surface area contributed by atoms with Gasteiger partial charge < -0.3 is 25.2 Å². The highest BCUT2D eigenvalue weighted by atomic mass is 19.1. The molecule has 8 rings (SSSR count). The average Bonchev–Trinajstić information content (AvgIpc) is 3.30. The SMILES string of the molecule is Cc1cccc(C(N)=O)c1F.O=C(CC1CCCCC1)N1CCC(OC2CCN(CC(=O)N3CCN(C(=O)c4cc(Cc5n[nH]c(=O)c6ccccc56)ccc4F)CC3)CC2)CC1. The maximum atomic E-state index is 15.0. The number of piperidine rings is 2.